The largest absolute Gasteiger partial charge is 0.506 e. The molecular formula is C18H25ClO4. The number of halogens is 1. The Morgan fingerprint density at radius 2 is 2.09 bits per heavy atom. The molecule has 23 heavy (non-hydrogen) atoms. The van der Waals surface area contributed by atoms with E-state index in [1.54, 1.807) is 6.07 Å². The Balaban J connectivity index is 2.34. The molecule has 1 aromatic rings. The van der Waals surface area contributed by atoms with Gasteiger partial charge >= 0.3 is 0 Å². The summed E-state index contributed by atoms with van der Waals surface area (Å²) in [6, 6.07) is 5.33. The first kappa shape index (κ1) is 18.2. The lowest BCUT2D eigenvalue weighted by Gasteiger charge is -2.36. The Morgan fingerprint density at radius 1 is 1.35 bits per heavy atom. The van der Waals surface area contributed by atoms with Crippen LogP contribution in [0.1, 0.15) is 51.0 Å². The quantitative estimate of drug-likeness (QED) is 0.684. The first-order valence-electron chi connectivity index (χ1n) is 8.27. The third-order valence-electron chi connectivity index (χ3n) is 4.56. The van der Waals surface area contributed by atoms with Crippen molar-refractivity contribution < 1.29 is 19.4 Å². The standard InChI is InChI=1S/C18H25ClO4/c1-2-3-7-18(8-4-9-20,13-17-22-10-11-23-17)14-5-6-16(21)15(19)12-14/h5-6,9,12,17,21H,2-4,7-8,10-11,13H2,1H3/t18-/m1/s1. The lowest BCUT2D eigenvalue weighted by Crippen LogP contribution is -2.32. The number of phenols is 1. The Kier molecular flexibility index (Phi) is 6.88. The highest BCUT2D eigenvalue weighted by Gasteiger charge is 2.36. The van der Waals surface area contributed by atoms with Gasteiger partial charge in [-0.25, -0.2) is 0 Å². The van der Waals surface area contributed by atoms with Gasteiger partial charge in [-0.15, -0.1) is 0 Å². The molecule has 128 valence electrons. The summed E-state index contributed by atoms with van der Waals surface area (Å²) in [5.41, 5.74) is 0.804. The first-order valence-corrected chi connectivity index (χ1v) is 8.65. The number of benzene rings is 1. The monoisotopic (exact) mass is 340 g/mol. The van der Waals surface area contributed by atoms with Gasteiger partial charge in [-0.1, -0.05) is 37.4 Å². The molecule has 1 aliphatic rings. The molecule has 1 atom stereocenters. The molecule has 0 bridgehead atoms. The van der Waals surface area contributed by atoms with Crippen molar-refractivity contribution in [2.45, 2.75) is 57.2 Å². The summed E-state index contributed by atoms with van der Waals surface area (Å²) in [4.78, 5) is 11.0. The molecule has 4 nitrogen and oxygen atoms in total. The van der Waals surface area contributed by atoms with Crippen molar-refractivity contribution in [1.82, 2.24) is 0 Å². The van der Waals surface area contributed by atoms with E-state index in [0.717, 1.165) is 37.5 Å². The molecule has 1 fully saturated rings. The van der Waals surface area contributed by atoms with E-state index in [1.807, 2.05) is 12.1 Å². The minimum absolute atomic E-state index is 0.0727. The zero-order chi connectivity index (χ0) is 16.7. The van der Waals surface area contributed by atoms with Crippen LogP contribution < -0.4 is 0 Å². The van der Waals surface area contributed by atoms with Gasteiger partial charge < -0.3 is 19.4 Å². The topological polar surface area (TPSA) is 55.8 Å². The summed E-state index contributed by atoms with van der Waals surface area (Å²) in [5, 5.41) is 10.0. The number of hydrogen-bond donors (Lipinski definition) is 1. The maximum Gasteiger partial charge on any atom is 0.158 e. The van der Waals surface area contributed by atoms with Gasteiger partial charge in [0.15, 0.2) is 6.29 Å². The molecular weight excluding hydrogens is 316 g/mol. The van der Waals surface area contributed by atoms with Crippen molar-refractivity contribution in [3.05, 3.63) is 28.8 Å². The number of aromatic hydroxyl groups is 1. The molecule has 0 aliphatic carbocycles. The van der Waals surface area contributed by atoms with E-state index in [-0.39, 0.29) is 17.5 Å². The van der Waals surface area contributed by atoms with E-state index >= 15 is 0 Å². The second-order valence-electron chi connectivity index (χ2n) is 6.13. The van der Waals surface area contributed by atoms with E-state index in [9.17, 15) is 9.90 Å². The summed E-state index contributed by atoms with van der Waals surface area (Å²) in [6.45, 7) is 3.37. The fraction of sp³-hybridized carbons (Fsp3) is 0.611. The van der Waals surface area contributed by atoms with Gasteiger partial charge in [0.05, 0.1) is 18.2 Å². The van der Waals surface area contributed by atoms with E-state index in [2.05, 4.69) is 6.92 Å². The van der Waals surface area contributed by atoms with Gasteiger partial charge in [0, 0.05) is 18.3 Å². The molecule has 0 radical (unpaired) electrons. The minimum Gasteiger partial charge on any atom is -0.506 e. The van der Waals surface area contributed by atoms with Gasteiger partial charge in [0.1, 0.15) is 12.0 Å². The van der Waals surface area contributed by atoms with Crippen LogP contribution in [-0.2, 0) is 19.7 Å². The van der Waals surface area contributed by atoms with E-state index in [0.29, 0.717) is 31.1 Å². The summed E-state index contributed by atoms with van der Waals surface area (Å²) >= 11 is 6.12. The third kappa shape index (κ3) is 4.69. The van der Waals surface area contributed by atoms with Crippen LogP contribution >= 0.6 is 11.6 Å². The maximum absolute atomic E-state index is 11.0. The van der Waals surface area contributed by atoms with Gasteiger partial charge in [-0.3, -0.25) is 0 Å². The highest BCUT2D eigenvalue weighted by atomic mass is 35.5. The van der Waals surface area contributed by atoms with Gasteiger partial charge in [0.2, 0.25) is 0 Å². The Labute approximate surface area is 142 Å². The Bertz CT molecular complexity index is 514. The highest BCUT2D eigenvalue weighted by Crippen LogP contribution is 2.42. The average molecular weight is 341 g/mol. The van der Waals surface area contributed by atoms with Crippen LogP contribution in [-0.4, -0.2) is 30.9 Å². The maximum atomic E-state index is 11.0. The van der Waals surface area contributed by atoms with Gasteiger partial charge in [0.25, 0.3) is 0 Å². The van der Waals surface area contributed by atoms with Crippen LogP contribution in [0.15, 0.2) is 18.2 Å². The van der Waals surface area contributed by atoms with E-state index < -0.39 is 0 Å². The number of unbranched alkanes of at least 4 members (excludes halogenated alkanes) is 1. The van der Waals surface area contributed by atoms with Crippen LogP contribution in [0, 0.1) is 0 Å². The van der Waals surface area contributed by atoms with Crippen LogP contribution in [0.5, 0.6) is 5.75 Å². The van der Waals surface area contributed by atoms with E-state index in [1.165, 1.54) is 0 Å². The van der Waals surface area contributed by atoms with Gasteiger partial charge in [-0.2, -0.15) is 0 Å². The van der Waals surface area contributed by atoms with Crippen molar-refractivity contribution in [3.8, 4) is 5.75 Å². The Hall–Kier alpha value is -1.10. The summed E-state index contributed by atoms with van der Waals surface area (Å²) < 4.78 is 11.3. The molecule has 0 aromatic heterocycles. The van der Waals surface area contributed by atoms with Crippen molar-refractivity contribution in [3.63, 3.8) is 0 Å². The number of aldehydes is 1. The van der Waals surface area contributed by atoms with Gasteiger partial charge in [-0.05, 0) is 30.5 Å². The minimum atomic E-state index is -0.244. The second kappa shape index (κ2) is 8.67. The average Bonchev–Trinajstić information content (AvgIpc) is 3.05. The van der Waals surface area contributed by atoms with Crippen LogP contribution in [0.4, 0.5) is 0 Å². The van der Waals surface area contributed by atoms with Crippen LogP contribution in [0.3, 0.4) is 0 Å². The van der Waals surface area contributed by atoms with E-state index in [4.69, 9.17) is 21.1 Å². The molecule has 1 heterocycles. The predicted octanol–water partition coefficient (Wildman–Crippen LogP) is 4.22. The third-order valence-corrected chi connectivity index (χ3v) is 4.86. The molecule has 1 aliphatic heterocycles. The first-order chi connectivity index (χ1) is 11.1. The zero-order valence-electron chi connectivity index (χ0n) is 13.6. The number of carbonyl (C=O) groups excluding carboxylic acids is 1. The van der Waals surface area contributed by atoms with Crippen molar-refractivity contribution in [1.29, 1.82) is 0 Å². The fourth-order valence-corrected chi connectivity index (χ4v) is 3.45. The SMILES string of the molecule is CCCC[C@@](CCC=O)(CC1OCCO1)c1ccc(O)c(Cl)c1. The number of ether oxygens (including phenoxy) is 2. The summed E-state index contributed by atoms with van der Waals surface area (Å²) in [6.07, 6.45) is 5.66. The highest BCUT2D eigenvalue weighted by molar-refractivity contribution is 6.32. The molecule has 0 saturated carbocycles. The number of phenolic OH excluding ortho intramolecular Hbond substituents is 1. The van der Waals surface area contributed by atoms with Crippen LogP contribution in [0.25, 0.3) is 0 Å². The smallest absolute Gasteiger partial charge is 0.158 e. The number of hydrogen-bond acceptors (Lipinski definition) is 4. The van der Waals surface area contributed by atoms with Crippen molar-refractivity contribution in [2.75, 3.05) is 13.2 Å². The number of rotatable bonds is 9. The molecule has 1 N–H and O–H groups in total. The zero-order valence-corrected chi connectivity index (χ0v) is 14.3. The molecule has 5 heteroatoms. The number of carbonyl (C=O) groups is 1. The molecule has 1 aromatic carbocycles. The second-order valence-corrected chi connectivity index (χ2v) is 6.54. The molecule has 0 unspecified atom stereocenters. The summed E-state index contributed by atoms with van der Waals surface area (Å²) in [7, 11) is 0. The lowest BCUT2D eigenvalue weighted by atomic mass is 9.70. The Morgan fingerprint density at radius 3 is 2.70 bits per heavy atom. The molecule has 1 saturated heterocycles. The molecule has 0 spiro atoms. The van der Waals surface area contributed by atoms with Crippen LogP contribution in [0.2, 0.25) is 5.02 Å². The normalized spacial score (nSPS) is 18.0. The summed E-state index contributed by atoms with van der Waals surface area (Å²) in [5.74, 6) is 0.0727. The molecule has 2 rings (SSSR count). The van der Waals surface area contributed by atoms with Crippen molar-refractivity contribution in [2.24, 2.45) is 0 Å². The fourth-order valence-electron chi connectivity index (χ4n) is 3.27. The lowest BCUT2D eigenvalue weighted by molar-refractivity contribution is -0.108. The molecule has 0 amide bonds. The van der Waals surface area contributed by atoms with Crippen molar-refractivity contribution >= 4 is 17.9 Å². The predicted molar refractivity (Wildman–Crippen MR) is 89.9 cm³/mol.